The van der Waals surface area contributed by atoms with Gasteiger partial charge in [-0.3, -0.25) is 0 Å². The van der Waals surface area contributed by atoms with Crippen molar-refractivity contribution in [3.05, 3.63) is 187 Å². The van der Waals surface area contributed by atoms with Crippen LogP contribution >= 0.6 is 0 Å². The van der Waals surface area contributed by atoms with Gasteiger partial charge in [0.05, 0.1) is 45.6 Å². The van der Waals surface area contributed by atoms with Crippen molar-refractivity contribution < 1.29 is 0 Å². The zero-order chi connectivity index (χ0) is 63.2. The number of nitrogens with zero attached hydrogens (tertiary/aromatic N) is 4. The Hall–Kier alpha value is -8.80. The van der Waals surface area contributed by atoms with Gasteiger partial charge in [-0.2, -0.15) is 0 Å². The molecule has 2 aromatic carbocycles. The smallest absolute Gasteiger partial charge is 0.0737 e. The van der Waals surface area contributed by atoms with E-state index >= 15 is 0 Å². The molecule has 0 unspecified atom stereocenters. The number of benzene rings is 2. The van der Waals surface area contributed by atoms with Crippen LogP contribution in [0, 0.1) is 11.8 Å². The molecular formula is C84H94N8. The van der Waals surface area contributed by atoms with Crippen LogP contribution in [0.4, 0.5) is 0 Å². The van der Waals surface area contributed by atoms with Crippen molar-refractivity contribution >= 4 is 92.7 Å². The van der Waals surface area contributed by atoms with E-state index in [4.69, 9.17) is 19.9 Å². The maximum Gasteiger partial charge on any atom is 0.0737 e. The fourth-order valence-corrected chi connectivity index (χ4v) is 13.8. The molecule has 470 valence electrons. The Bertz CT molecular complexity index is 4370. The molecule has 8 heteroatoms. The van der Waals surface area contributed by atoms with Gasteiger partial charge in [0.15, 0.2) is 0 Å². The number of aromatic nitrogens is 8. The van der Waals surface area contributed by atoms with E-state index in [1.165, 1.54) is 95.8 Å². The standard InChI is InChI=1S/C84H94N8/c1-7-13-19-25-61-67-41-45-71(85-67)63(27-21-15-9-3)75-49-53-79(89-75)83(80-54-50-76(90-80)64(28-22-16-10-4)72-46-42-68(61)86-72)59-37-33-57(34-38-59)31-32-58-35-39-60(40-36-58)84-81-55-51-77(91-81)65(29-23-17-11-5)73-47-43-69(87-73)62(26-20-14-8-2)70-44-48-74(88-70)66(30-24-18-12-6)78-52-56-82(84)92-78/h33-56,85,89,91-92H,7-30H2,1-6H3. The van der Waals surface area contributed by atoms with E-state index in [-0.39, 0.29) is 0 Å². The third kappa shape index (κ3) is 14.4. The predicted octanol–water partition coefficient (Wildman–Crippen LogP) is 22.8. The van der Waals surface area contributed by atoms with Crippen molar-refractivity contribution in [2.45, 2.75) is 196 Å². The van der Waals surface area contributed by atoms with Crippen LogP contribution in [0.2, 0.25) is 0 Å². The highest BCUT2D eigenvalue weighted by Gasteiger charge is 2.21. The Labute approximate surface area is 546 Å². The lowest BCUT2D eigenvalue weighted by atomic mass is 10.0. The third-order valence-electron chi connectivity index (χ3n) is 19.0. The van der Waals surface area contributed by atoms with E-state index < -0.39 is 0 Å². The minimum absolute atomic E-state index is 0.924. The maximum absolute atomic E-state index is 5.54. The van der Waals surface area contributed by atoms with Gasteiger partial charge in [0.25, 0.3) is 0 Å². The molecule has 0 saturated carbocycles. The Morgan fingerprint density at radius 2 is 0.478 bits per heavy atom. The van der Waals surface area contributed by atoms with Crippen molar-refractivity contribution in [3.8, 4) is 34.1 Å². The average molecular weight is 1220 g/mol. The molecule has 0 atom stereocenters. The lowest BCUT2D eigenvalue weighted by Crippen LogP contribution is -1.97. The van der Waals surface area contributed by atoms with Gasteiger partial charge in [-0.1, -0.05) is 155 Å². The SMILES string of the molecule is CCCCCc1c2nc(c(CCCCC)c3ccc([nH]3)c(-c3ccc(C#Cc4ccc(-c5c6nc(c(CCCCC)c7nc(c(CCCCC)c8ccc([nH]8)c(CCCCC)c8ccc5[nH]8)C=C7)C=C6)cc4)cc3)c3ccc([nH]3)c(CCCCC)c3nc1C=C3)C=C2. The lowest BCUT2D eigenvalue weighted by molar-refractivity contribution is 0.712. The first-order chi connectivity index (χ1) is 45.3. The van der Waals surface area contributed by atoms with E-state index in [0.29, 0.717) is 0 Å². The fraction of sp³-hybridized carbons (Fsp3) is 0.357. The summed E-state index contributed by atoms with van der Waals surface area (Å²) in [6.07, 6.45) is 44.4. The molecule has 4 aliphatic heterocycles. The highest BCUT2D eigenvalue weighted by atomic mass is 14.8. The monoisotopic (exact) mass is 1210 g/mol. The Morgan fingerprint density at radius 1 is 0.239 bits per heavy atom. The van der Waals surface area contributed by atoms with Crippen molar-refractivity contribution in [1.82, 2.24) is 39.9 Å². The first-order valence-corrected chi connectivity index (χ1v) is 35.3. The van der Waals surface area contributed by atoms with E-state index in [1.807, 2.05) is 0 Å². The first kappa shape index (κ1) is 63.4. The minimum Gasteiger partial charge on any atom is -0.355 e. The Balaban J connectivity index is 0.937. The molecule has 4 N–H and O–H groups in total. The summed E-state index contributed by atoms with van der Waals surface area (Å²) in [6.45, 7) is 13.7. The van der Waals surface area contributed by atoms with E-state index in [0.717, 1.165) is 215 Å². The van der Waals surface area contributed by atoms with Gasteiger partial charge >= 0.3 is 0 Å². The van der Waals surface area contributed by atoms with Crippen LogP contribution in [-0.4, -0.2) is 39.9 Å². The van der Waals surface area contributed by atoms with E-state index in [1.54, 1.807) is 0 Å². The summed E-state index contributed by atoms with van der Waals surface area (Å²) in [5.74, 6) is 7.09. The van der Waals surface area contributed by atoms with E-state index in [9.17, 15) is 0 Å². The number of hydrogen-bond donors (Lipinski definition) is 4. The first-order valence-electron chi connectivity index (χ1n) is 35.3. The molecule has 12 rings (SSSR count). The van der Waals surface area contributed by atoms with Gasteiger partial charge in [-0.05, 0) is 215 Å². The van der Waals surface area contributed by atoms with Crippen LogP contribution in [0.15, 0.2) is 97.1 Å². The number of unbranched alkanes of at least 4 members (excludes halogenated alkanes) is 12. The molecule has 0 radical (unpaired) electrons. The molecule has 4 aliphatic rings. The molecule has 0 aliphatic carbocycles. The number of fused-ring (bicyclic) bond motifs is 16. The second-order valence-electron chi connectivity index (χ2n) is 25.8. The van der Waals surface area contributed by atoms with Gasteiger partial charge in [0.1, 0.15) is 0 Å². The Kier molecular flexibility index (Phi) is 21.0. The summed E-state index contributed by atoms with van der Waals surface area (Å²) in [5.41, 5.74) is 31.0. The molecule has 6 aromatic heterocycles. The molecule has 92 heavy (non-hydrogen) atoms. The highest BCUT2D eigenvalue weighted by Crippen LogP contribution is 2.36. The van der Waals surface area contributed by atoms with Gasteiger partial charge in [0.2, 0.25) is 0 Å². The molecule has 0 saturated heterocycles. The van der Waals surface area contributed by atoms with Gasteiger partial charge < -0.3 is 19.9 Å². The normalized spacial score (nSPS) is 12.4. The van der Waals surface area contributed by atoms with Crippen molar-refractivity contribution in [2.24, 2.45) is 0 Å². The van der Waals surface area contributed by atoms with Gasteiger partial charge in [-0.25, -0.2) is 19.9 Å². The summed E-state index contributed by atoms with van der Waals surface area (Å²) >= 11 is 0. The lowest BCUT2D eigenvalue weighted by Gasteiger charge is -2.07. The molecule has 16 bridgehead atoms. The van der Waals surface area contributed by atoms with Gasteiger partial charge in [0, 0.05) is 94.2 Å². The molecule has 8 nitrogen and oxygen atoms in total. The quantitative estimate of drug-likeness (QED) is 0.0319. The number of H-pyrrole nitrogens is 4. The van der Waals surface area contributed by atoms with Crippen LogP contribution in [0.1, 0.15) is 247 Å². The molecule has 0 fully saturated rings. The topological polar surface area (TPSA) is 115 Å². The van der Waals surface area contributed by atoms with Crippen LogP contribution < -0.4 is 0 Å². The van der Waals surface area contributed by atoms with Crippen LogP contribution in [-0.2, 0) is 38.5 Å². The number of rotatable bonds is 26. The van der Waals surface area contributed by atoms with Crippen molar-refractivity contribution in [2.75, 3.05) is 0 Å². The van der Waals surface area contributed by atoms with Crippen LogP contribution in [0.5, 0.6) is 0 Å². The summed E-state index contributed by atoms with van der Waals surface area (Å²) in [4.78, 5) is 37.8. The largest absolute Gasteiger partial charge is 0.355 e. The maximum atomic E-state index is 5.54. The minimum atomic E-state index is 0.924. The van der Waals surface area contributed by atoms with E-state index in [2.05, 4.69) is 219 Å². The number of aryl methyl sites for hydroxylation is 4. The molecular weight excluding hydrogens is 1120 g/mol. The summed E-state index contributed by atoms with van der Waals surface area (Å²) in [5, 5.41) is 0. The highest BCUT2D eigenvalue weighted by molar-refractivity contribution is 5.96. The summed E-state index contributed by atoms with van der Waals surface area (Å²) < 4.78 is 0. The number of hydrogen-bond acceptors (Lipinski definition) is 4. The average Bonchev–Trinajstić information content (AvgIpc) is 1.90. The van der Waals surface area contributed by atoms with Crippen molar-refractivity contribution in [3.63, 3.8) is 0 Å². The number of aromatic amines is 4. The van der Waals surface area contributed by atoms with Crippen LogP contribution in [0.3, 0.4) is 0 Å². The number of nitrogens with one attached hydrogen (secondary N) is 4. The summed E-state index contributed by atoms with van der Waals surface area (Å²) in [6, 6.07) is 35.8. The summed E-state index contributed by atoms with van der Waals surface area (Å²) in [7, 11) is 0. The zero-order valence-corrected chi connectivity index (χ0v) is 55.6. The van der Waals surface area contributed by atoms with Crippen molar-refractivity contribution in [1.29, 1.82) is 0 Å². The van der Waals surface area contributed by atoms with Crippen LogP contribution in [0.25, 0.3) is 115 Å². The van der Waals surface area contributed by atoms with Gasteiger partial charge in [-0.15, -0.1) is 0 Å². The fourth-order valence-electron chi connectivity index (χ4n) is 13.8. The third-order valence-corrected chi connectivity index (χ3v) is 19.0. The predicted molar refractivity (Wildman–Crippen MR) is 394 cm³/mol. The second kappa shape index (κ2) is 30.5. The zero-order valence-electron chi connectivity index (χ0n) is 55.6. The molecule has 8 aromatic rings. The Morgan fingerprint density at radius 3 is 0.815 bits per heavy atom. The molecule has 0 spiro atoms. The second-order valence-corrected chi connectivity index (χ2v) is 25.8. The molecule has 0 amide bonds. The molecule has 10 heterocycles.